The second-order valence-corrected chi connectivity index (χ2v) is 6.32. The molecule has 4 rings (SSSR count). The van der Waals surface area contributed by atoms with Crippen molar-refractivity contribution in [1.29, 1.82) is 0 Å². The summed E-state index contributed by atoms with van der Waals surface area (Å²) in [6.45, 7) is 4.35. The van der Waals surface area contributed by atoms with Crippen molar-refractivity contribution in [3.05, 3.63) is 65.7 Å². The van der Waals surface area contributed by atoms with Crippen LogP contribution >= 0.6 is 0 Å². The molecule has 2 aromatic carbocycles. The van der Waals surface area contributed by atoms with Crippen LogP contribution in [-0.4, -0.2) is 31.9 Å². The topological polar surface area (TPSA) is 27.6 Å². The van der Waals surface area contributed by atoms with E-state index in [4.69, 9.17) is 4.99 Å². The van der Waals surface area contributed by atoms with Crippen LogP contribution in [0.3, 0.4) is 0 Å². The van der Waals surface area contributed by atoms with Gasteiger partial charge in [-0.2, -0.15) is 0 Å². The number of nitrogens with zero attached hydrogens (tertiary/aromatic N) is 2. The van der Waals surface area contributed by atoms with Gasteiger partial charge in [-0.1, -0.05) is 42.5 Å². The van der Waals surface area contributed by atoms with Gasteiger partial charge in [0.2, 0.25) is 0 Å². The molecule has 23 heavy (non-hydrogen) atoms. The van der Waals surface area contributed by atoms with E-state index in [2.05, 4.69) is 64.8 Å². The molecule has 118 valence electrons. The fraction of sp³-hybridized carbons (Fsp3) is 0.350. The van der Waals surface area contributed by atoms with E-state index in [1.807, 2.05) is 0 Å². The zero-order valence-electron chi connectivity index (χ0n) is 13.4. The van der Waals surface area contributed by atoms with E-state index in [-0.39, 0.29) is 0 Å². The largest absolute Gasteiger partial charge is 0.369 e. The van der Waals surface area contributed by atoms with Crippen molar-refractivity contribution in [2.75, 3.05) is 31.1 Å². The Morgan fingerprint density at radius 2 is 1.65 bits per heavy atom. The number of rotatable bonds is 3. The fourth-order valence-electron chi connectivity index (χ4n) is 3.51. The third kappa shape index (κ3) is 3.15. The summed E-state index contributed by atoms with van der Waals surface area (Å²) in [6.07, 6.45) is 2.20. The Labute approximate surface area is 138 Å². The van der Waals surface area contributed by atoms with E-state index in [1.54, 1.807) is 0 Å². The molecule has 3 nitrogen and oxygen atoms in total. The van der Waals surface area contributed by atoms with Crippen molar-refractivity contribution >= 4 is 11.4 Å². The van der Waals surface area contributed by atoms with Crippen molar-refractivity contribution in [2.45, 2.75) is 18.9 Å². The molecule has 2 aliphatic heterocycles. The second-order valence-electron chi connectivity index (χ2n) is 6.32. The first-order chi connectivity index (χ1) is 11.4. The molecular weight excluding hydrogens is 282 g/mol. The number of hydrogen-bond acceptors (Lipinski definition) is 3. The number of nitrogens with one attached hydrogen (secondary N) is 1. The lowest BCUT2D eigenvalue weighted by Crippen LogP contribution is -2.43. The Morgan fingerprint density at radius 3 is 2.39 bits per heavy atom. The van der Waals surface area contributed by atoms with Gasteiger partial charge in [0, 0.05) is 37.6 Å². The molecule has 0 radical (unpaired) electrons. The van der Waals surface area contributed by atoms with Crippen molar-refractivity contribution < 1.29 is 0 Å². The molecule has 2 aliphatic rings. The van der Waals surface area contributed by atoms with E-state index in [0.29, 0.717) is 6.04 Å². The Hall–Kier alpha value is -2.13. The van der Waals surface area contributed by atoms with Gasteiger partial charge in [-0.15, -0.1) is 0 Å². The van der Waals surface area contributed by atoms with Crippen molar-refractivity contribution in [2.24, 2.45) is 4.99 Å². The van der Waals surface area contributed by atoms with Crippen molar-refractivity contribution in [3.63, 3.8) is 0 Å². The fourth-order valence-corrected chi connectivity index (χ4v) is 3.51. The van der Waals surface area contributed by atoms with Crippen LogP contribution in [0.1, 0.15) is 30.0 Å². The van der Waals surface area contributed by atoms with Crippen molar-refractivity contribution in [3.8, 4) is 0 Å². The van der Waals surface area contributed by atoms with Gasteiger partial charge >= 0.3 is 0 Å². The predicted molar refractivity (Wildman–Crippen MR) is 96.5 cm³/mol. The third-order valence-electron chi connectivity index (χ3n) is 4.83. The number of piperazine rings is 1. The highest BCUT2D eigenvalue weighted by atomic mass is 15.2. The monoisotopic (exact) mass is 305 g/mol. The molecular formula is C20H23N3. The van der Waals surface area contributed by atoms with Gasteiger partial charge in [0.1, 0.15) is 0 Å². The average molecular weight is 305 g/mol. The molecule has 0 aromatic heterocycles. The summed E-state index contributed by atoms with van der Waals surface area (Å²) < 4.78 is 0. The van der Waals surface area contributed by atoms with Crippen LogP contribution in [0.25, 0.3) is 0 Å². The molecule has 0 aliphatic carbocycles. The molecule has 1 fully saturated rings. The maximum atomic E-state index is 4.96. The molecule has 1 atom stereocenters. The van der Waals surface area contributed by atoms with Crippen LogP contribution in [0.15, 0.2) is 59.6 Å². The molecule has 1 saturated heterocycles. The van der Waals surface area contributed by atoms with E-state index >= 15 is 0 Å². The summed E-state index contributed by atoms with van der Waals surface area (Å²) in [4.78, 5) is 7.42. The van der Waals surface area contributed by atoms with Crippen LogP contribution in [0.4, 0.5) is 5.69 Å². The molecule has 0 spiro atoms. The van der Waals surface area contributed by atoms with Gasteiger partial charge in [0.15, 0.2) is 0 Å². The predicted octanol–water partition coefficient (Wildman–Crippen LogP) is 3.42. The Bertz CT molecular complexity index is 670. The zero-order chi connectivity index (χ0) is 15.5. The highest BCUT2D eigenvalue weighted by molar-refractivity contribution is 6.01. The smallest absolute Gasteiger partial charge is 0.0756 e. The minimum Gasteiger partial charge on any atom is -0.369 e. The van der Waals surface area contributed by atoms with E-state index in [0.717, 1.165) is 39.0 Å². The minimum atomic E-state index is 0.322. The van der Waals surface area contributed by atoms with Gasteiger partial charge in [-0.3, -0.25) is 4.99 Å². The maximum absolute atomic E-state index is 4.96. The highest BCUT2D eigenvalue weighted by Crippen LogP contribution is 2.32. The molecule has 1 N–H and O–H groups in total. The lowest BCUT2D eigenvalue weighted by atomic mass is 10.0. The van der Waals surface area contributed by atoms with Gasteiger partial charge in [-0.05, 0) is 36.1 Å². The quantitative estimate of drug-likeness (QED) is 0.941. The normalized spacial score (nSPS) is 21.3. The summed E-state index contributed by atoms with van der Waals surface area (Å²) in [6, 6.07) is 19.9. The number of anilines is 1. The summed E-state index contributed by atoms with van der Waals surface area (Å²) in [7, 11) is 0. The lowest BCUT2D eigenvalue weighted by molar-refractivity contribution is 0.589. The van der Waals surface area contributed by atoms with Crippen molar-refractivity contribution in [1.82, 2.24) is 5.32 Å². The second kappa shape index (κ2) is 6.55. The summed E-state index contributed by atoms with van der Waals surface area (Å²) >= 11 is 0. The zero-order valence-corrected chi connectivity index (χ0v) is 13.4. The molecule has 1 unspecified atom stereocenters. The molecule has 0 saturated carbocycles. The molecule has 0 bridgehead atoms. The Kier molecular flexibility index (Phi) is 4.12. The molecule has 0 amide bonds. The average Bonchev–Trinajstić information content (AvgIpc) is 3.14. The number of benzene rings is 2. The van der Waals surface area contributed by atoms with E-state index in [9.17, 15) is 0 Å². The Morgan fingerprint density at radius 1 is 0.913 bits per heavy atom. The van der Waals surface area contributed by atoms with Crippen LogP contribution in [0.2, 0.25) is 0 Å². The molecule has 2 aromatic rings. The first kappa shape index (κ1) is 14.5. The first-order valence-electron chi connectivity index (χ1n) is 8.58. The van der Waals surface area contributed by atoms with Gasteiger partial charge in [-0.25, -0.2) is 0 Å². The number of aliphatic imine (C=N–C) groups is 1. The van der Waals surface area contributed by atoms with Crippen LogP contribution in [-0.2, 0) is 0 Å². The van der Waals surface area contributed by atoms with Crippen LogP contribution < -0.4 is 10.2 Å². The summed E-state index contributed by atoms with van der Waals surface area (Å²) in [5, 5.41) is 3.40. The Balaban J connectivity index is 1.49. The number of hydrogen-bond donors (Lipinski definition) is 1. The molecule has 2 heterocycles. The molecule has 3 heteroatoms. The first-order valence-corrected chi connectivity index (χ1v) is 8.58. The van der Waals surface area contributed by atoms with Gasteiger partial charge in [0.05, 0.1) is 6.04 Å². The van der Waals surface area contributed by atoms with Gasteiger partial charge < -0.3 is 10.2 Å². The van der Waals surface area contributed by atoms with Crippen LogP contribution in [0.5, 0.6) is 0 Å². The third-order valence-corrected chi connectivity index (χ3v) is 4.83. The van der Waals surface area contributed by atoms with Crippen LogP contribution in [0, 0.1) is 0 Å². The summed E-state index contributed by atoms with van der Waals surface area (Å²) in [5.41, 5.74) is 5.20. The SMILES string of the molecule is c1ccc(C2=NC(c3ccc(N4CCNCC4)cc3)CC2)cc1. The van der Waals surface area contributed by atoms with E-state index < -0.39 is 0 Å². The standard InChI is InChI=1S/C20H23N3/c1-2-4-16(5-3-1)19-10-11-20(22-19)17-6-8-18(9-7-17)23-14-12-21-13-15-23/h1-9,20-21H,10-15H2. The minimum absolute atomic E-state index is 0.322. The lowest BCUT2D eigenvalue weighted by Gasteiger charge is -2.29. The highest BCUT2D eigenvalue weighted by Gasteiger charge is 2.20. The van der Waals surface area contributed by atoms with Gasteiger partial charge in [0.25, 0.3) is 0 Å². The maximum Gasteiger partial charge on any atom is 0.0756 e. The summed E-state index contributed by atoms with van der Waals surface area (Å²) in [5.74, 6) is 0. The van der Waals surface area contributed by atoms with E-state index in [1.165, 1.54) is 22.5 Å².